The fourth-order valence-electron chi connectivity index (χ4n) is 3.63. The van der Waals surface area contributed by atoms with Crippen LogP contribution in [0.2, 0.25) is 18.1 Å². The van der Waals surface area contributed by atoms with E-state index >= 15 is 0 Å². The summed E-state index contributed by atoms with van der Waals surface area (Å²) in [5.41, 5.74) is 0.664. The van der Waals surface area contributed by atoms with Gasteiger partial charge in [-0.25, -0.2) is 0 Å². The van der Waals surface area contributed by atoms with E-state index in [1.165, 1.54) is 12.1 Å². The highest BCUT2D eigenvalue weighted by atomic mass is 28.4. The van der Waals surface area contributed by atoms with Crippen molar-refractivity contribution >= 4 is 31.9 Å². The van der Waals surface area contributed by atoms with E-state index in [1.807, 2.05) is 0 Å². The summed E-state index contributed by atoms with van der Waals surface area (Å²) in [7, 11) is -2.18. The number of ether oxygens (including phenoxy) is 1. The standard InChI is InChI=1S/C23H34N2O8Si/c1-14(33-34(5,6)23(2,3)4)20-21(24-22(20)29)17(13-18(26)27)32-19(28)12-9-15-7-10-16(11-8-15)25(30)31/h7-8,10-11,14,17,20-21H,9,12-13H2,1-6H3,(H,24,29)(H,26,27)/t14-,17-,20-,21-/m1/s1. The lowest BCUT2D eigenvalue weighted by Gasteiger charge is -2.47. The van der Waals surface area contributed by atoms with Crippen LogP contribution in [-0.2, 0) is 30.0 Å². The number of nitrogens with zero attached hydrogens (tertiary/aromatic N) is 1. The number of nitro benzene ring substituents is 1. The number of nitrogens with one attached hydrogen (secondary N) is 1. The van der Waals surface area contributed by atoms with Gasteiger partial charge in [-0.05, 0) is 37.0 Å². The van der Waals surface area contributed by atoms with E-state index in [0.29, 0.717) is 5.56 Å². The zero-order chi connectivity index (χ0) is 25.8. The third kappa shape index (κ3) is 6.86. The van der Waals surface area contributed by atoms with Gasteiger partial charge in [0.25, 0.3) is 5.69 Å². The number of hydrogen-bond acceptors (Lipinski definition) is 7. The molecule has 0 unspecified atom stereocenters. The van der Waals surface area contributed by atoms with Gasteiger partial charge in [-0.15, -0.1) is 0 Å². The maximum atomic E-state index is 12.5. The first-order chi connectivity index (χ1) is 15.6. The number of amides is 1. The molecule has 1 fully saturated rings. The fraction of sp³-hybridized carbons (Fsp3) is 0.609. The number of carboxylic acids is 1. The number of benzene rings is 1. The van der Waals surface area contributed by atoms with Gasteiger partial charge in [0, 0.05) is 18.6 Å². The summed E-state index contributed by atoms with van der Waals surface area (Å²) in [4.78, 5) is 46.5. The van der Waals surface area contributed by atoms with Gasteiger partial charge in [0.15, 0.2) is 8.32 Å². The molecule has 1 amide bonds. The van der Waals surface area contributed by atoms with Gasteiger partial charge in [-0.3, -0.25) is 24.5 Å². The lowest BCUT2D eigenvalue weighted by Crippen LogP contribution is -2.68. The van der Waals surface area contributed by atoms with Gasteiger partial charge < -0.3 is 19.6 Å². The Hall–Kier alpha value is -2.79. The van der Waals surface area contributed by atoms with Crippen molar-refractivity contribution in [2.45, 2.75) is 83.3 Å². The van der Waals surface area contributed by atoms with Crippen LogP contribution in [0, 0.1) is 16.0 Å². The number of carbonyl (C=O) groups is 3. The molecule has 0 spiro atoms. The Morgan fingerprint density at radius 1 is 1.24 bits per heavy atom. The molecule has 0 aromatic heterocycles. The Morgan fingerprint density at radius 2 is 1.82 bits per heavy atom. The van der Waals surface area contributed by atoms with Crippen LogP contribution in [0.3, 0.4) is 0 Å². The summed E-state index contributed by atoms with van der Waals surface area (Å²) in [5.74, 6) is -2.64. The Bertz CT molecular complexity index is 926. The van der Waals surface area contributed by atoms with E-state index in [9.17, 15) is 29.6 Å². The van der Waals surface area contributed by atoms with Crippen molar-refractivity contribution in [1.82, 2.24) is 5.32 Å². The molecule has 2 rings (SSSR count). The van der Waals surface area contributed by atoms with Crippen LogP contribution >= 0.6 is 0 Å². The lowest BCUT2D eigenvalue weighted by molar-refractivity contribution is -0.384. The van der Waals surface area contributed by atoms with Crippen LogP contribution in [0.4, 0.5) is 5.69 Å². The molecule has 1 aliphatic heterocycles. The number of nitro groups is 1. The van der Waals surface area contributed by atoms with Gasteiger partial charge in [0.05, 0.1) is 29.4 Å². The van der Waals surface area contributed by atoms with Crippen molar-refractivity contribution in [2.75, 3.05) is 0 Å². The van der Waals surface area contributed by atoms with Gasteiger partial charge in [0.1, 0.15) is 6.10 Å². The largest absolute Gasteiger partial charge is 0.481 e. The van der Waals surface area contributed by atoms with Crippen LogP contribution in [0.5, 0.6) is 0 Å². The minimum atomic E-state index is -2.18. The van der Waals surface area contributed by atoms with Crippen LogP contribution in [-0.4, -0.2) is 54.4 Å². The summed E-state index contributed by atoms with van der Waals surface area (Å²) in [6.45, 7) is 12.2. The van der Waals surface area contributed by atoms with Crippen LogP contribution in [0.25, 0.3) is 0 Å². The Balaban J connectivity index is 2.04. The summed E-state index contributed by atoms with van der Waals surface area (Å²) < 4.78 is 11.8. The van der Waals surface area contributed by atoms with Gasteiger partial charge in [-0.2, -0.15) is 0 Å². The molecule has 0 bridgehead atoms. The molecule has 0 saturated carbocycles. The Morgan fingerprint density at radius 3 is 2.29 bits per heavy atom. The average molecular weight is 495 g/mol. The first-order valence-electron chi connectivity index (χ1n) is 11.2. The van der Waals surface area contributed by atoms with Gasteiger partial charge >= 0.3 is 11.9 Å². The predicted octanol–water partition coefficient (Wildman–Crippen LogP) is 3.44. The van der Waals surface area contributed by atoms with Crippen molar-refractivity contribution in [3.63, 3.8) is 0 Å². The number of aryl methyl sites for hydroxylation is 1. The fourth-order valence-corrected chi connectivity index (χ4v) is 5.06. The summed E-state index contributed by atoms with van der Waals surface area (Å²) >= 11 is 0. The number of carbonyl (C=O) groups excluding carboxylic acids is 2. The third-order valence-corrected chi connectivity index (χ3v) is 11.2. The summed E-state index contributed by atoms with van der Waals surface area (Å²) in [6, 6.07) is 5.16. The average Bonchev–Trinajstić information content (AvgIpc) is 2.68. The van der Waals surface area contributed by atoms with Crippen LogP contribution in [0.15, 0.2) is 24.3 Å². The molecule has 0 radical (unpaired) electrons. The SMILES string of the molecule is C[C@@H](O[Si](C)(C)C(C)(C)C)[C@H]1C(=O)N[C@@H]1[C@@H](CC(=O)O)OC(=O)CCc1ccc([N+](=O)[O-])cc1. The van der Waals surface area contributed by atoms with E-state index < -0.39 is 55.8 Å². The molecule has 188 valence electrons. The third-order valence-electron chi connectivity index (χ3n) is 6.62. The van der Waals surface area contributed by atoms with Gasteiger partial charge in [0.2, 0.25) is 5.91 Å². The van der Waals surface area contributed by atoms with E-state index in [2.05, 4.69) is 39.2 Å². The normalized spacial score (nSPS) is 20.0. The number of carboxylic acid groups (broad SMARTS) is 1. The lowest BCUT2D eigenvalue weighted by atomic mass is 9.81. The molecule has 1 aromatic rings. The molecular formula is C23H34N2O8Si. The molecule has 34 heavy (non-hydrogen) atoms. The molecule has 1 heterocycles. The number of hydrogen-bond donors (Lipinski definition) is 2. The molecule has 1 aromatic carbocycles. The van der Waals surface area contributed by atoms with E-state index in [0.717, 1.165) is 0 Å². The number of esters is 1. The first kappa shape index (κ1) is 27.5. The van der Waals surface area contributed by atoms with E-state index in [-0.39, 0.29) is 29.5 Å². The van der Waals surface area contributed by atoms with E-state index in [1.54, 1.807) is 19.1 Å². The number of non-ortho nitro benzene ring substituents is 1. The Labute approximate surface area is 200 Å². The second kappa shape index (κ2) is 10.6. The van der Waals surface area contributed by atoms with Crippen LogP contribution < -0.4 is 5.32 Å². The second-order valence-electron chi connectivity index (χ2n) is 10.2. The Kier molecular flexibility index (Phi) is 8.59. The number of rotatable bonds is 11. The van der Waals surface area contributed by atoms with Crippen molar-refractivity contribution in [2.24, 2.45) is 5.92 Å². The maximum Gasteiger partial charge on any atom is 0.307 e. The molecule has 0 aliphatic carbocycles. The predicted molar refractivity (Wildman–Crippen MR) is 127 cm³/mol. The van der Waals surface area contributed by atoms with Crippen molar-refractivity contribution in [3.05, 3.63) is 39.9 Å². The maximum absolute atomic E-state index is 12.5. The zero-order valence-corrected chi connectivity index (χ0v) is 21.5. The molecule has 11 heteroatoms. The zero-order valence-electron chi connectivity index (χ0n) is 20.5. The second-order valence-corrected chi connectivity index (χ2v) is 14.9. The number of aliphatic carboxylic acids is 1. The molecule has 10 nitrogen and oxygen atoms in total. The quantitative estimate of drug-likeness (QED) is 0.156. The van der Waals surface area contributed by atoms with Crippen molar-refractivity contribution in [1.29, 1.82) is 0 Å². The highest BCUT2D eigenvalue weighted by molar-refractivity contribution is 6.74. The topological polar surface area (TPSA) is 145 Å². The summed E-state index contributed by atoms with van der Waals surface area (Å²) in [6.07, 6.45) is -1.70. The molecule has 4 atom stereocenters. The highest BCUT2D eigenvalue weighted by Crippen LogP contribution is 2.39. The molecule has 1 aliphatic rings. The smallest absolute Gasteiger partial charge is 0.307 e. The van der Waals surface area contributed by atoms with E-state index in [4.69, 9.17) is 9.16 Å². The minimum Gasteiger partial charge on any atom is -0.481 e. The number of β-lactam (4-membered cyclic amide) rings is 1. The minimum absolute atomic E-state index is 0.0325. The molecular weight excluding hydrogens is 460 g/mol. The molecule has 2 N–H and O–H groups in total. The van der Waals surface area contributed by atoms with Crippen molar-refractivity contribution in [3.8, 4) is 0 Å². The monoisotopic (exact) mass is 494 g/mol. The van der Waals surface area contributed by atoms with Gasteiger partial charge in [-0.1, -0.05) is 32.9 Å². The highest BCUT2D eigenvalue weighted by Gasteiger charge is 2.51. The molecule has 1 saturated heterocycles. The first-order valence-corrected chi connectivity index (χ1v) is 14.2. The van der Waals surface area contributed by atoms with Crippen molar-refractivity contribution < 1.29 is 33.6 Å². The summed E-state index contributed by atoms with van der Waals surface area (Å²) in [5, 5.41) is 22.7. The van der Waals surface area contributed by atoms with Crippen LogP contribution in [0.1, 0.15) is 46.1 Å².